The smallest absolute Gasteiger partial charge is 0.248 e. The third kappa shape index (κ3) is 37.3. The summed E-state index contributed by atoms with van der Waals surface area (Å²) < 4.78 is 0. The lowest BCUT2D eigenvalue weighted by molar-refractivity contribution is -0.146. The van der Waals surface area contributed by atoms with Gasteiger partial charge in [-0.05, 0) is 201 Å². The van der Waals surface area contributed by atoms with Gasteiger partial charge in [0.25, 0.3) is 0 Å². The number of nitrogens with zero attached hydrogens (tertiary/aromatic N) is 1. The molecular formula is C89H147N23O24. The summed E-state index contributed by atoms with van der Waals surface area (Å²) in [6.45, 7) is 33.9. The molecule has 26 N–H and O–H groups in total. The molecule has 47 heteroatoms. The second kappa shape index (κ2) is 50.0. The average molecular weight is 1920 g/mol. The summed E-state index contributed by atoms with van der Waals surface area (Å²) in [6.07, 6.45) is -1.54. The van der Waals surface area contributed by atoms with E-state index in [1.807, 2.05) is 0 Å². The summed E-state index contributed by atoms with van der Waals surface area (Å²) in [4.78, 5) is 312. The fraction of sp³-hybridized carbons (Fsp3) is 0.674. The molecule has 1 fully saturated rings. The predicted octanol–water partition coefficient (Wildman–Crippen LogP) is -5.68. The van der Waals surface area contributed by atoms with Crippen LogP contribution in [-0.2, 0) is 117 Å². The van der Waals surface area contributed by atoms with Crippen molar-refractivity contribution in [2.75, 3.05) is 19.7 Å². The van der Waals surface area contributed by atoms with E-state index in [1.54, 1.807) is 58.0 Å². The van der Waals surface area contributed by atoms with Gasteiger partial charge in [-0.25, -0.2) is 0 Å². The molecule has 0 aliphatic carbocycles. The monoisotopic (exact) mass is 1920 g/mol. The number of primary amides is 3. The lowest BCUT2D eigenvalue weighted by atomic mass is 9.94. The summed E-state index contributed by atoms with van der Waals surface area (Å²) in [6, 6.07) is -4.52. The summed E-state index contributed by atoms with van der Waals surface area (Å²) >= 11 is 0. The Bertz CT molecular complexity index is 4600. The highest BCUT2D eigenvalue weighted by molar-refractivity contribution is 6.05. The molecule has 1 saturated heterocycles. The SMILES string of the molecule is CCC(C)C(NC(=O)C(C)(C)NC(=O)C(CCC(N)=O)NC(=O)C(C)NC(=O)C(C)(C)NC(=O)C(C)NC(=O)C(C)(C)NC(=O)C(C)NC(=O)C(C)(C)NC(C)=O)C(=O)NC(C)(C)C(=O)NCC(=O)NC(C)(C)C(=O)NC(C)(C)C(=O)N1CCCC1C(=O)NC(C(=O)NC(C)(C)C(=O)NC(C)(C)C(=O)NC(CCC(N)=O)C(=O)NC(CCC(N)=O)C(=O)NC(CO)Cc1ccccc1)C(C)C. The van der Waals surface area contributed by atoms with Crippen LogP contribution in [-0.4, -0.2) is 276 Å². The Balaban J connectivity index is 2.15. The van der Waals surface area contributed by atoms with Crippen LogP contribution < -0.4 is 118 Å². The molecule has 1 aliphatic rings. The number of benzene rings is 1. The molecule has 1 aromatic rings. The number of hydrogen-bond donors (Lipinski definition) is 23. The molecule has 11 unspecified atom stereocenters. The van der Waals surface area contributed by atoms with Gasteiger partial charge in [-0.15, -0.1) is 0 Å². The summed E-state index contributed by atoms with van der Waals surface area (Å²) in [5, 5.41) is 57.9. The van der Waals surface area contributed by atoms with Crippen molar-refractivity contribution in [3.63, 3.8) is 0 Å². The van der Waals surface area contributed by atoms with E-state index in [0.717, 1.165) is 5.56 Å². The summed E-state index contributed by atoms with van der Waals surface area (Å²) in [5.74, 6) is -21.2. The highest BCUT2D eigenvalue weighted by Crippen LogP contribution is 2.25. The van der Waals surface area contributed by atoms with Crippen LogP contribution in [0.25, 0.3) is 0 Å². The zero-order valence-corrected chi connectivity index (χ0v) is 83.0. The fourth-order valence-electron chi connectivity index (χ4n) is 13.3. The van der Waals surface area contributed by atoms with Crippen LogP contribution in [0.3, 0.4) is 0 Å². The minimum atomic E-state index is -1.91. The highest BCUT2D eigenvalue weighted by atomic mass is 16.3. The molecule has 1 heterocycles. The van der Waals surface area contributed by atoms with Crippen molar-refractivity contribution >= 4 is 136 Å². The molecule has 1 aliphatic heterocycles. The van der Waals surface area contributed by atoms with E-state index in [-0.39, 0.29) is 38.6 Å². The van der Waals surface area contributed by atoms with Crippen LogP contribution >= 0.6 is 0 Å². The number of aliphatic hydroxyl groups excluding tert-OH is 1. The Kier molecular flexibility index (Phi) is 43.8. The van der Waals surface area contributed by atoms with Gasteiger partial charge in [0.1, 0.15) is 104 Å². The Labute approximate surface area is 792 Å². The van der Waals surface area contributed by atoms with Gasteiger partial charge in [-0.3, -0.25) is 110 Å². The van der Waals surface area contributed by atoms with Gasteiger partial charge in [0.05, 0.1) is 19.2 Å². The number of nitrogens with two attached hydrogens (primary N) is 3. The van der Waals surface area contributed by atoms with Gasteiger partial charge in [0.15, 0.2) is 0 Å². The van der Waals surface area contributed by atoms with E-state index in [1.165, 1.54) is 157 Å². The first-order valence-corrected chi connectivity index (χ1v) is 44.8. The Morgan fingerprint density at radius 3 is 1.17 bits per heavy atom. The molecule has 2 rings (SSSR count). The van der Waals surface area contributed by atoms with Crippen molar-refractivity contribution in [3.05, 3.63) is 35.9 Å². The average Bonchev–Trinajstić information content (AvgIpc) is 1.58. The molecule has 0 saturated carbocycles. The van der Waals surface area contributed by atoms with Crippen molar-refractivity contribution in [1.29, 1.82) is 0 Å². The Hall–Kier alpha value is -13.0. The first kappa shape index (κ1) is 119. The van der Waals surface area contributed by atoms with E-state index in [9.17, 15) is 115 Å². The normalized spacial score (nSPS) is 15.4. The van der Waals surface area contributed by atoms with Gasteiger partial charge >= 0.3 is 0 Å². The van der Waals surface area contributed by atoms with Crippen molar-refractivity contribution in [2.45, 2.75) is 354 Å². The second-order valence-electron chi connectivity index (χ2n) is 39.4. The number of nitrogens with one attached hydrogen (secondary N) is 19. The maximum atomic E-state index is 14.5. The second-order valence-corrected chi connectivity index (χ2v) is 39.4. The fourth-order valence-corrected chi connectivity index (χ4v) is 13.3. The maximum absolute atomic E-state index is 14.5. The molecule has 136 heavy (non-hydrogen) atoms. The first-order valence-electron chi connectivity index (χ1n) is 44.8. The van der Waals surface area contributed by atoms with Crippen molar-refractivity contribution < 1.29 is 115 Å². The third-order valence-electron chi connectivity index (χ3n) is 22.3. The lowest BCUT2D eigenvalue weighted by Crippen LogP contribution is -2.66. The topological polar surface area (TPSA) is 723 Å². The zero-order valence-electron chi connectivity index (χ0n) is 83.0. The Morgan fingerprint density at radius 1 is 0.382 bits per heavy atom. The third-order valence-corrected chi connectivity index (χ3v) is 22.3. The van der Waals surface area contributed by atoms with E-state index in [0.29, 0.717) is 6.42 Å². The van der Waals surface area contributed by atoms with Crippen molar-refractivity contribution in [3.8, 4) is 0 Å². The molecule has 23 amide bonds. The number of rotatable bonds is 53. The number of carbonyl (C=O) groups excluding carboxylic acids is 23. The maximum Gasteiger partial charge on any atom is 0.248 e. The number of likely N-dealkylation sites (tertiary alicyclic amines) is 1. The van der Waals surface area contributed by atoms with Crippen molar-refractivity contribution in [1.82, 2.24) is 106 Å². The van der Waals surface area contributed by atoms with Gasteiger partial charge in [-0.1, -0.05) is 64.4 Å². The van der Waals surface area contributed by atoms with Crippen LogP contribution in [0.1, 0.15) is 243 Å². The molecule has 0 radical (unpaired) electrons. The van der Waals surface area contributed by atoms with Crippen LogP contribution in [0.4, 0.5) is 0 Å². The molecule has 0 bridgehead atoms. The van der Waals surface area contributed by atoms with Crippen LogP contribution in [0.2, 0.25) is 0 Å². The van der Waals surface area contributed by atoms with Crippen LogP contribution in [0.5, 0.6) is 0 Å². The number of carbonyl (C=O) groups is 23. The summed E-state index contributed by atoms with van der Waals surface area (Å²) in [5.41, 5.74) is 1.08. The molecular weight excluding hydrogens is 1780 g/mol. The van der Waals surface area contributed by atoms with E-state index in [4.69, 9.17) is 17.2 Å². The number of amides is 23. The molecule has 762 valence electrons. The molecule has 0 spiro atoms. The van der Waals surface area contributed by atoms with Crippen molar-refractivity contribution in [2.24, 2.45) is 29.0 Å². The van der Waals surface area contributed by atoms with E-state index >= 15 is 0 Å². The standard InChI is InChI=1S/C89H147N23O24/c1-27-46(4)62(102-77(133)85(17,18)107-68(124)55(37-40-59(92)117)98-63(119)47(5)94-74(130)83(13,14)105-65(121)49(7)96-75(131)84(15,16)106-64(120)48(6)95-73(129)82(11,12)103-50(8)114)71(127)109-81(9,10)72(128)93-43-60(118)104-87(21,22)78(134)111-89(25,26)80(136)112-41-31-34-56(112)69(125)101-61(45(2)3)70(126)108-88(23,24)79(135)110-86(19,20)76(132)100-54(36-39-58(91)116)67(123)99-53(35-38-57(90)115)66(122)97-52(44-113)42-51-32-29-28-30-33-51/h28-30,32-33,45-49,52-56,61-62,113H,27,31,34-44H2,1-26H3,(H2,90,115)(H2,91,116)(H2,92,117)(H,93,128)(H,94,130)(H,95,129)(H,96,131)(H,97,122)(H,98,119)(H,99,123)(H,100,132)(H,101,125)(H,102,133)(H,103,114)(H,104,118)(H,105,121)(H,106,120)(H,107,124)(H,108,126)(H,109,127)(H,110,135)(H,111,134). The van der Waals surface area contributed by atoms with Gasteiger partial charge in [-0.2, -0.15) is 0 Å². The molecule has 1 aromatic carbocycles. The van der Waals surface area contributed by atoms with Gasteiger partial charge in [0, 0.05) is 32.7 Å². The van der Waals surface area contributed by atoms with Gasteiger partial charge in [0.2, 0.25) is 136 Å². The first-order chi connectivity index (χ1) is 62.1. The lowest BCUT2D eigenvalue weighted by Gasteiger charge is -2.36. The van der Waals surface area contributed by atoms with Crippen LogP contribution in [0.15, 0.2) is 30.3 Å². The molecule has 11 atom stereocenters. The Morgan fingerprint density at radius 2 is 0.735 bits per heavy atom. The number of hydrogen-bond acceptors (Lipinski definition) is 24. The summed E-state index contributed by atoms with van der Waals surface area (Å²) in [7, 11) is 0. The zero-order chi connectivity index (χ0) is 105. The van der Waals surface area contributed by atoms with Crippen LogP contribution in [0, 0.1) is 11.8 Å². The number of aliphatic hydroxyl groups is 1. The minimum absolute atomic E-state index is 0.0221. The van der Waals surface area contributed by atoms with E-state index in [2.05, 4.69) is 101 Å². The highest BCUT2D eigenvalue weighted by Gasteiger charge is 2.48. The molecule has 47 nitrogen and oxygen atoms in total. The van der Waals surface area contributed by atoms with E-state index < -0.39 is 297 Å². The minimum Gasteiger partial charge on any atom is -0.394 e. The largest absolute Gasteiger partial charge is 0.394 e. The quantitative estimate of drug-likeness (QED) is 0.0289. The predicted molar refractivity (Wildman–Crippen MR) is 495 cm³/mol. The van der Waals surface area contributed by atoms with Gasteiger partial charge < -0.3 is 128 Å². The molecule has 0 aromatic heterocycles.